The molecule has 18 heavy (non-hydrogen) atoms. The molecule has 0 aliphatic carbocycles. The maximum Gasteiger partial charge on any atom is 0.269 e. The van der Waals surface area contributed by atoms with Gasteiger partial charge in [-0.1, -0.05) is 0 Å². The van der Waals surface area contributed by atoms with Crippen LogP contribution in [0.3, 0.4) is 0 Å². The van der Waals surface area contributed by atoms with E-state index in [0.717, 1.165) is 0 Å². The highest BCUT2D eigenvalue weighted by Gasteiger charge is 2.15. The molecule has 1 aromatic rings. The third kappa shape index (κ3) is 3.28. The van der Waals surface area contributed by atoms with Gasteiger partial charge in [0.1, 0.15) is 0 Å². The minimum atomic E-state index is -0.526. The molecule has 0 saturated heterocycles. The van der Waals surface area contributed by atoms with E-state index in [0.29, 0.717) is 5.56 Å². The summed E-state index contributed by atoms with van der Waals surface area (Å²) < 4.78 is 0. The third-order valence-corrected chi connectivity index (χ3v) is 2.65. The Balaban J connectivity index is 2.74. The average molecular weight is 247 g/mol. The summed E-state index contributed by atoms with van der Waals surface area (Å²) in [5.74, 6) is -0.647. The number of nitro benzene ring substituents is 1. The Morgan fingerprint density at radius 2 is 1.94 bits per heavy atom. The van der Waals surface area contributed by atoms with Crippen molar-refractivity contribution in [2.45, 2.75) is 19.9 Å². The fourth-order valence-corrected chi connectivity index (χ4v) is 1.26. The second-order valence-corrected chi connectivity index (χ2v) is 3.98. The summed E-state index contributed by atoms with van der Waals surface area (Å²) in [4.78, 5) is 21.7. The number of nitrogens with zero attached hydrogens (tertiary/aromatic N) is 2. The summed E-state index contributed by atoms with van der Waals surface area (Å²) in [7, 11) is 0. The predicted octanol–water partition coefficient (Wildman–Crippen LogP) is 1.87. The number of nitrogens with one attached hydrogen (secondary N) is 1. The largest absolute Gasteiger partial charge is 0.348 e. The molecule has 1 rings (SSSR count). The molecule has 2 atom stereocenters. The van der Waals surface area contributed by atoms with Crippen molar-refractivity contribution in [1.82, 2.24) is 5.32 Å². The fourth-order valence-electron chi connectivity index (χ4n) is 1.26. The molecule has 6 heteroatoms. The molecule has 94 valence electrons. The second-order valence-electron chi connectivity index (χ2n) is 3.98. The van der Waals surface area contributed by atoms with Crippen molar-refractivity contribution in [3.8, 4) is 6.07 Å². The molecule has 6 nitrogen and oxygen atoms in total. The van der Waals surface area contributed by atoms with Gasteiger partial charge in [-0.25, -0.2) is 0 Å². The number of hydrogen-bond acceptors (Lipinski definition) is 4. The molecule has 1 N–H and O–H groups in total. The lowest BCUT2D eigenvalue weighted by molar-refractivity contribution is -0.384. The Labute approximate surface area is 104 Å². The molecular weight excluding hydrogens is 234 g/mol. The summed E-state index contributed by atoms with van der Waals surface area (Å²) in [6, 6.07) is 7.08. The van der Waals surface area contributed by atoms with E-state index in [1.807, 2.05) is 6.07 Å². The van der Waals surface area contributed by atoms with Gasteiger partial charge in [-0.2, -0.15) is 5.26 Å². The van der Waals surface area contributed by atoms with Crippen LogP contribution >= 0.6 is 0 Å². The van der Waals surface area contributed by atoms with Crippen molar-refractivity contribution in [2.75, 3.05) is 0 Å². The van der Waals surface area contributed by atoms with Crippen molar-refractivity contribution >= 4 is 11.6 Å². The number of nitriles is 1. The maximum absolute atomic E-state index is 11.8. The van der Waals surface area contributed by atoms with E-state index in [1.165, 1.54) is 24.3 Å². The van der Waals surface area contributed by atoms with Gasteiger partial charge >= 0.3 is 0 Å². The van der Waals surface area contributed by atoms with Crippen LogP contribution in [-0.2, 0) is 0 Å². The molecule has 1 amide bonds. The van der Waals surface area contributed by atoms with Crippen LogP contribution in [0.25, 0.3) is 0 Å². The first kappa shape index (κ1) is 13.6. The first-order chi connectivity index (χ1) is 8.45. The van der Waals surface area contributed by atoms with E-state index >= 15 is 0 Å². The molecule has 0 unspecified atom stereocenters. The second kappa shape index (κ2) is 5.77. The normalized spacial score (nSPS) is 13.2. The van der Waals surface area contributed by atoms with E-state index in [1.54, 1.807) is 13.8 Å². The Morgan fingerprint density at radius 1 is 1.39 bits per heavy atom. The van der Waals surface area contributed by atoms with Crippen molar-refractivity contribution in [3.63, 3.8) is 0 Å². The average Bonchev–Trinajstić information content (AvgIpc) is 2.37. The van der Waals surface area contributed by atoms with Crippen LogP contribution in [0, 0.1) is 27.4 Å². The zero-order valence-electron chi connectivity index (χ0n) is 10.1. The van der Waals surface area contributed by atoms with Crippen LogP contribution < -0.4 is 5.32 Å². The third-order valence-electron chi connectivity index (χ3n) is 2.65. The number of nitro groups is 1. The molecule has 0 aromatic heterocycles. The van der Waals surface area contributed by atoms with Gasteiger partial charge in [-0.3, -0.25) is 14.9 Å². The molecule has 0 radical (unpaired) electrons. The zero-order chi connectivity index (χ0) is 13.7. The SMILES string of the molecule is C[C@@H](C#N)[C@@H](C)NC(=O)c1ccc([N+](=O)[O-])cc1. The lowest BCUT2D eigenvalue weighted by Crippen LogP contribution is -2.36. The Kier molecular flexibility index (Phi) is 4.38. The van der Waals surface area contributed by atoms with E-state index < -0.39 is 4.92 Å². The van der Waals surface area contributed by atoms with Gasteiger partial charge in [-0.05, 0) is 26.0 Å². The molecule has 0 spiro atoms. The number of carbonyl (C=O) groups is 1. The molecule has 0 saturated carbocycles. The van der Waals surface area contributed by atoms with E-state index in [-0.39, 0.29) is 23.6 Å². The Morgan fingerprint density at radius 3 is 2.39 bits per heavy atom. The fraction of sp³-hybridized carbons (Fsp3) is 0.333. The van der Waals surface area contributed by atoms with Crippen LogP contribution in [0.5, 0.6) is 0 Å². The van der Waals surface area contributed by atoms with E-state index in [4.69, 9.17) is 5.26 Å². The van der Waals surface area contributed by atoms with Crippen LogP contribution in [-0.4, -0.2) is 16.9 Å². The molecule has 0 fully saturated rings. The van der Waals surface area contributed by atoms with Crippen molar-refractivity contribution < 1.29 is 9.72 Å². The number of benzene rings is 1. The summed E-state index contributed by atoms with van der Waals surface area (Å²) >= 11 is 0. The number of rotatable bonds is 4. The van der Waals surface area contributed by atoms with Crippen LogP contribution in [0.4, 0.5) is 5.69 Å². The van der Waals surface area contributed by atoms with Gasteiger partial charge in [0.2, 0.25) is 0 Å². The van der Waals surface area contributed by atoms with E-state index in [2.05, 4.69) is 5.32 Å². The maximum atomic E-state index is 11.8. The smallest absolute Gasteiger partial charge is 0.269 e. The van der Waals surface area contributed by atoms with Gasteiger partial charge in [-0.15, -0.1) is 0 Å². The highest BCUT2D eigenvalue weighted by Crippen LogP contribution is 2.12. The standard InChI is InChI=1S/C12H13N3O3/c1-8(7-13)9(2)14-12(16)10-3-5-11(6-4-10)15(17)18/h3-6,8-9H,1-2H3,(H,14,16)/t8-,9+/m0/s1. The van der Waals surface area contributed by atoms with Gasteiger partial charge < -0.3 is 5.32 Å². The van der Waals surface area contributed by atoms with Crippen LogP contribution in [0.1, 0.15) is 24.2 Å². The van der Waals surface area contributed by atoms with Crippen molar-refractivity contribution in [2.24, 2.45) is 5.92 Å². The predicted molar refractivity (Wildman–Crippen MR) is 64.8 cm³/mol. The number of hydrogen-bond donors (Lipinski definition) is 1. The van der Waals surface area contributed by atoms with Crippen molar-refractivity contribution in [3.05, 3.63) is 39.9 Å². The monoisotopic (exact) mass is 247 g/mol. The minimum absolute atomic E-state index is 0.0648. The number of carbonyl (C=O) groups excluding carboxylic acids is 1. The van der Waals surface area contributed by atoms with Crippen LogP contribution in [0.2, 0.25) is 0 Å². The number of amides is 1. The molecule has 0 aliphatic rings. The topological polar surface area (TPSA) is 96.0 Å². The van der Waals surface area contributed by atoms with Gasteiger partial charge in [0.25, 0.3) is 11.6 Å². The highest BCUT2D eigenvalue weighted by atomic mass is 16.6. The number of non-ortho nitro benzene ring substituents is 1. The lowest BCUT2D eigenvalue weighted by atomic mass is 10.1. The summed E-state index contributed by atoms with van der Waals surface area (Å²) in [6.07, 6.45) is 0. The van der Waals surface area contributed by atoms with Gasteiger partial charge in [0.15, 0.2) is 0 Å². The Hall–Kier alpha value is -2.42. The highest BCUT2D eigenvalue weighted by molar-refractivity contribution is 5.94. The first-order valence-electron chi connectivity index (χ1n) is 5.40. The van der Waals surface area contributed by atoms with E-state index in [9.17, 15) is 14.9 Å². The zero-order valence-corrected chi connectivity index (χ0v) is 10.1. The lowest BCUT2D eigenvalue weighted by Gasteiger charge is -2.15. The summed E-state index contributed by atoms with van der Waals surface area (Å²) in [5.41, 5.74) is 0.266. The Bertz CT molecular complexity index is 490. The molecule has 0 bridgehead atoms. The molecular formula is C12H13N3O3. The first-order valence-corrected chi connectivity index (χ1v) is 5.40. The van der Waals surface area contributed by atoms with Gasteiger partial charge in [0, 0.05) is 23.7 Å². The molecule has 1 aromatic carbocycles. The quantitative estimate of drug-likeness (QED) is 0.648. The summed E-state index contributed by atoms with van der Waals surface area (Å²) in [6.45, 7) is 3.44. The minimum Gasteiger partial charge on any atom is -0.348 e. The van der Waals surface area contributed by atoms with Crippen LogP contribution in [0.15, 0.2) is 24.3 Å². The summed E-state index contributed by atoms with van der Waals surface area (Å²) in [5, 5.41) is 21.8. The van der Waals surface area contributed by atoms with Crippen molar-refractivity contribution in [1.29, 1.82) is 5.26 Å². The molecule has 0 heterocycles. The molecule has 0 aliphatic heterocycles. The van der Waals surface area contributed by atoms with Gasteiger partial charge in [0.05, 0.1) is 16.9 Å².